The summed E-state index contributed by atoms with van der Waals surface area (Å²) in [4.78, 5) is 4.23. The minimum absolute atomic E-state index is 0.203. The Morgan fingerprint density at radius 1 is 1.04 bits per heavy atom. The second-order valence-electron chi connectivity index (χ2n) is 4.72. The average Bonchev–Trinajstić information content (AvgIpc) is 3.07. The highest BCUT2D eigenvalue weighted by molar-refractivity contribution is 5.65. The van der Waals surface area contributed by atoms with Crippen molar-refractivity contribution in [3.05, 3.63) is 77.4 Å². The monoisotopic (exact) mass is 303 g/mol. The lowest BCUT2D eigenvalue weighted by atomic mass is 10.2. The fraction of sp³-hybridized carbons (Fsp3) is 0.0556. The third-order valence-corrected chi connectivity index (χ3v) is 3.05. The summed E-state index contributed by atoms with van der Waals surface area (Å²) in [6.45, 7) is 0.203. The van der Waals surface area contributed by atoms with Crippen LogP contribution in [-0.2, 0) is 6.61 Å². The molecule has 1 aromatic heterocycles. The number of rotatable bonds is 5. The van der Waals surface area contributed by atoms with E-state index < -0.39 is 0 Å². The fourth-order valence-corrected chi connectivity index (χ4v) is 1.90. The van der Waals surface area contributed by atoms with Gasteiger partial charge in [-0.25, -0.2) is 0 Å². The van der Waals surface area contributed by atoms with Crippen molar-refractivity contribution in [1.29, 1.82) is 5.26 Å². The maximum absolute atomic E-state index is 8.74. The normalized spacial score (nSPS) is 10.6. The van der Waals surface area contributed by atoms with Crippen molar-refractivity contribution in [1.82, 2.24) is 10.1 Å². The number of ether oxygens (including phenoxy) is 1. The summed E-state index contributed by atoms with van der Waals surface area (Å²) in [6.07, 6.45) is 3.66. The van der Waals surface area contributed by atoms with Crippen molar-refractivity contribution in [3.8, 4) is 11.8 Å². The van der Waals surface area contributed by atoms with E-state index in [4.69, 9.17) is 14.5 Å². The van der Waals surface area contributed by atoms with Gasteiger partial charge in [-0.15, -0.1) is 0 Å². The van der Waals surface area contributed by atoms with Crippen LogP contribution in [0.15, 0.2) is 59.1 Å². The molecule has 0 radical (unpaired) electrons. The SMILES string of the molecule is N#Cc1ccc(OCc2noc(/C=C/c3ccccc3)n2)cc1. The van der Waals surface area contributed by atoms with Gasteiger partial charge in [0.05, 0.1) is 11.6 Å². The summed E-state index contributed by atoms with van der Waals surface area (Å²) < 4.78 is 10.7. The van der Waals surface area contributed by atoms with Gasteiger partial charge in [-0.1, -0.05) is 35.5 Å². The highest BCUT2D eigenvalue weighted by atomic mass is 16.5. The van der Waals surface area contributed by atoms with E-state index in [0.29, 0.717) is 23.0 Å². The number of hydrogen-bond donors (Lipinski definition) is 0. The third-order valence-electron chi connectivity index (χ3n) is 3.05. The molecule has 0 atom stereocenters. The van der Waals surface area contributed by atoms with Gasteiger partial charge < -0.3 is 9.26 Å². The van der Waals surface area contributed by atoms with Crippen molar-refractivity contribution < 1.29 is 9.26 Å². The minimum Gasteiger partial charge on any atom is -0.485 e. The van der Waals surface area contributed by atoms with E-state index in [9.17, 15) is 0 Å². The summed E-state index contributed by atoms with van der Waals surface area (Å²) in [7, 11) is 0. The Balaban J connectivity index is 1.59. The van der Waals surface area contributed by atoms with Crippen LogP contribution in [-0.4, -0.2) is 10.1 Å². The van der Waals surface area contributed by atoms with Crippen LogP contribution in [0.25, 0.3) is 12.2 Å². The lowest BCUT2D eigenvalue weighted by Gasteiger charge is -2.02. The first-order valence-electron chi connectivity index (χ1n) is 7.02. The molecule has 5 nitrogen and oxygen atoms in total. The molecule has 2 aromatic carbocycles. The van der Waals surface area contributed by atoms with Gasteiger partial charge in [0, 0.05) is 6.08 Å². The molecule has 0 fully saturated rings. The quantitative estimate of drug-likeness (QED) is 0.718. The number of aromatic nitrogens is 2. The van der Waals surface area contributed by atoms with Crippen molar-refractivity contribution in [2.45, 2.75) is 6.61 Å². The fourth-order valence-electron chi connectivity index (χ4n) is 1.90. The predicted octanol–water partition coefficient (Wildman–Crippen LogP) is 3.69. The molecule has 5 heteroatoms. The molecule has 0 aliphatic rings. The molecule has 0 N–H and O–H groups in total. The Kier molecular flexibility index (Phi) is 4.46. The summed E-state index contributed by atoms with van der Waals surface area (Å²) in [6, 6.07) is 18.8. The lowest BCUT2D eigenvalue weighted by Crippen LogP contribution is -1.97. The smallest absolute Gasteiger partial charge is 0.250 e. The molecule has 0 unspecified atom stereocenters. The lowest BCUT2D eigenvalue weighted by molar-refractivity contribution is 0.286. The van der Waals surface area contributed by atoms with Crippen molar-refractivity contribution in [2.24, 2.45) is 0 Å². The van der Waals surface area contributed by atoms with Gasteiger partial charge in [0.1, 0.15) is 5.75 Å². The molecule has 0 saturated carbocycles. The predicted molar refractivity (Wildman–Crippen MR) is 85.2 cm³/mol. The van der Waals surface area contributed by atoms with Crippen LogP contribution in [0.3, 0.4) is 0 Å². The van der Waals surface area contributed by atoms with Gasteiger partial charge in [0.2, 0.25) is 5.82 Å². The zero-order valence-electron chi connectivity index (χ0n) is 12.2. The number of hydrogen-bond acceptors (Lipinski definition) is 5. The second-order valence-corrected chi connectivity index (χ2v) is 4.72. The van der Waals surface area contributed by atoms with E-state index in [1.54, 1.807) is 30.3 Å². The van der Waals surface area contributed by atoms with Gasteiger partial charge in [0.25, 0.3) is 5.89 Å². The topological polar surface area (TPSA) is 71.9 Å². The molecule has 0 bridgehead atoms. The molecule has 3 aromatic rings. The van der Waals surface area contributed by atoms with Gasteiger partial charge in [-0.2, -0.15) is 10.2 Å². The molecule has 0 amide bonds. The standard InChI is InChI=1S/C18H13N3O2/c19-12-15-6-9-16(10-7-15)22-13-17-20-18(23-21-17)11-8-14-4-2-1-3-5-14/h1-11H,13H2/b11-8+. The van der Waals surface area contributed by atoms with E-state index in [1.807, 2.05) is 36.4 Å². The molecule has 112 valence electrons. The van der Waals surface area contributed by atoms with Crippen LogP contribution in [0.2, 0.25) is 0 Å². The molecule has 0 saturated heterocycles. The van der Waals surface area contributed by atoms with Crippen molar-refractivity contribution >= 4 is 12.2 Å². The average molecular weight is 303 g/mol. The summed E-state index contributed by atoms with van der Waals surface area (Å²) >= 11 is 0. The molecule has 0 aliphatic carbocycles. The number of benzene rings is 2. The highest BCUT2D eigenvalue weighted by Crippen LogP contribution is 2.13. The van der Waals surface area contributed by atoms with Gasteiger partial charge >= 0.3 is 0 Å². The molecular formula is C18H13N3O2. The maximum atomic E-state index is 8.74. The van der Waals surface area contributed by atoms with E-state index >= 15 is 0 Å². The maximum Gasteiger partial charge on any atom is 0.250 e. The van der Waals surface area contributed by atoms with Crippen LogP contribution >= 0.6 is 0 Å². The summed E-state index contributed by atoms with van der Waals surface area (Å²) in [5, 5.41) is 12.6. The molecule has 0 spiro atoms. The first-order valence-corrected chi connectivity index (χ1v) is 7.02. The zero-order chi connectivity index (χ0) is 15.9. The Bertz CT molecular complexity index is 831. The van der Waals surface area contributed by atoms with Crippen LogP contribution in [0.1, 0.15) is 22.8 Å². The minimum atomic E-state index is 0.203. The van der Waals surface area contributed by atoms with Gasteiger partial charge in [0.15, 0.2) is 6.61 Å². The summed E-state index contributed by atoms with van der Waals surface area (Å²) in [5.74, 6) is 1.53. The zero-order valence-corrected chi connectivity index (χ0v) is 12.2. The van der Waals surface area contributed by atoms with E-state index in [2.05, 4.69) is 16.2 Å². The van der Waals surface area contributed by atoms with Crippen LogP contribution < -0.4 is 4.74 Å². The van der Waals surface area contributed by atoms with Crippen molar-refractivity contribution in [3.63, 3.8) is 0 Å². The molecule has 1 heterocycles. The summed E-state index contributed by atoms with van der Waals surface area (Å²) in [5.41, 5.74) is 1.64. The number of nitriles is 1. The van der Waals surface area contributed by atoms with E-state index in [0.717, 1.165) is 5.56 Å². The van der Waals surface area contributed by atoms with Crippen LogP contribution in [0, 0.1) is 11.3 Å². The van der Waals surface area contributed by atoms with E-state index in [-0.39, 0.29) is 6.61 Å². The van der Waals surface area contributed by atoms with Crippen molar-refractivity contribution in [2.75, 3.05) is 0 Å². The molecule has 3 rings (SSSR count). The molecule has 0 aliphatic heterocycles. The van der Waals surface area contributed by atoms with E-state index in [1.165, 1.54) is 0 Å². The largest absolute Gasteiger partial charge is 0.485 e. The first kappa shape index (κ1) is 14.5. The second kappa shape index (κ2) is 7.05. The van der Waals surface area contributed by atoms with Crippen LogP contribution in [0.4, 0.5) is 0 Å². The van der Waals surface area contributed by atoms with Crippen LogP contribution in [0.5, 0.6) is 5.75 Å². The van der Waals surface area contributed by atoms with Gasteiger partial charge in [-0.05, 0) is 35.9 Å². The molecular weight excluding hydrogens is 290 g/mol. The Labute approximate surface area is 133 Å². The highest BCUT2D eigenvalue weighted by Gasteiger charge is 2.04. The Morgan fingerprint density at radius 2 is 1.83 bits per heavy atom. The Morgan fingerprint density at radius 3 is 2.57 bits per heavy atom. The Hall–Kier alpha value is -3.39. The third kappa shape index (κ3) is 4.05. The first-order chi connectivity index (χ1) is 11.3. The van der Waals surface area contributed by atoms with Gasteiger partial charge in [-0.3, -0.25) is 0 Å². The number of nitrogens with zero attached hydrogens (tertiary/aromatic N) is 3. The molecule has 23 heavy (non-hydrogen) atoms.